The van der Waals surface area contributed by atoms with Gasteiger partial charge in [0.1, 0.15) is 0 Å². The van der Waals surface area contributed by atoms with Crippen LogP contribution in [0.3, 0.4) is 0 Å². The Morgan fingerprint density at radius 2 is 0.914 bits per heavy atom. The highest BCUT2D eigenvalue weighted by Gasteiger charge is 2.50. The van der Waals surface area contributed by atoms with Crippen molar-refractivity contribution < 1.29 is 0 Å². The Hall–Kier alpha value is -4.04. The molecule has 0 bridgehead atoms. The Morgan fingerprint density at radius 3 is 1.40 bits per heavy atom. The first-order valence-electron chi connectivity index (χ1n) is 12.5. The highest BCUT2D eigenvalue weighted by atomic mass is 14.8. The van der Waals surface area contributed by atoms with Crippen molar-refractivity contribution in [1.82, 2.24) is 9.97 Å². The van der Waals surface area contributed by atoms with Crippen molar-refractivity contribution >= 4 is 21.8 Å². The minimum absolute atomic E-state index is 0.0789. The molecule has 0 spiro atoms. The average Bonchev–Trinajstić information content (AvgIpc) is 3.59. The van der Waals surface area contributed by atoms with Gasteiger partial charge >= 0.3 is 0 Å². The van der Waals surface area contributed by atoms with Gasteiger partial charge in [-0.3, -0.25) is 0 Å². The topological polar surface area (TPSA) is 31.6 Å². The van der Waals surface area contributed by atoms with Crippen molar-refractivity contribution in [1.29, 1.82) is 0 Å². The van der Waals surface area contributed by atoms with E-state index in [-0.39, 0.29) is 17.3 Å². The Kier molecular flexibility index (Phi) is 3.61. The fourth-order valence-electron chi connectivity index (χ4n) is 7.32. The number of para-hydroxylation sites is 2. The van der Waals surface area contributed by atoms with Crippen LogP contribution in [0.2, 0.25) is 0 Å². The monoisotopic (exact) mass is 450 g/mol. The lowest BCUT2D eigenvalue weighted by Gasteiger charge is -2.39. The van der Waals surface area contributed by atoms with Crippen molar-refractivity contribution in [3.63, 3.8) is 0 Å². The van der Waals surface area contributed by atoms with Crippen molar-refractivity contribution in [2.45, 2.75) is 25.7 Å². The fourth-order valence-corrected chi connectivity index (χ4v) is 7.32. The molecule has 0 saturated carbocycles. The number of hydrogen-bond acceptors (Lipinski definition) is 0. The van der Waals surface area contributed by atoms with Gasteiger partial charge in [-0.05, 0) is 39.8 Å². The summed E-state index contributed by atoms with van der Waals surface area (Å²) in [5.41, 5.74) is 13.5. The van der Waals surface area contributed by atoms with Crippen LogP contribution in [-0.2, 0) is 0 Å². The molecule has 2 unspecified atom stereocenters. The molecular formula is C33H26N2. The number of nitrogens with one attached hydrogen (secondary N) is 2. The molecule has 2 aliphatic rings. The van der Waals surface area contributed by atoms with E-state index in [1.165, 1.54) is 66.6 Å². The van der Waals surface area contributed by atoms with E-state index in [2.05, 4.69) is 121 Å². The van der Waals surface area contributed by atoms with Gasteiger partial charge in [-0.25, -0.2) is 0 Å². The van der Waals surface area contributed by atoms with Crippen LogP contribution in [0, 0.1) is 5.41 Å². The maximum absolute atomic E-state index is 3.87. The van der Waals surface area contributed by atoms with E-state index in [0.717, 1.165) is 0 Å². The van der Waals surface area contributed by atoms with E-state index in [4.69, 9.17) is 0 Å². The molecule has 2 N–H and O–H groups in total. The first-order chi connectivity index (χ1) is 17.1. The number of aromatic amines is 2. The molecule has 2 aliphatic carbocycles. The van der Waals surface area contributed by atoms with Crippen molar-refractivity contribution in [3.8, 4) is 22.3 Å². The molecule has 0 aliphatic heterocycles. The van der Waals surface area contributed by atoms with Gasteiger partial charge in [-0.2, -0.15) is 0 Å². The maximum Gasteiger partial charge on any atom is 0.0462 e. The molecule has 2 aromatic heterocycles. The van der Waals surface area contributed by atoms with Crippen LogP contribution in [0.1, 0.15) is 48.2 Å². The van der Waals surface area contributed by atoms with Crippen molar-refractivity contribution in [2.24, 2.45) is 5.41 Å². The zero-order valence-corrected chi connectivity index (χ0v) is 19.9. The Bertz CT molecular complexity index is 1660. The number of benzene rings is 4. The first-order valence-corrected chi connectivity index (χ1v) is 12.5. The van der Waals surface area contributed by atoms with Gasteiger partial charge in [0.15, 0.2) is 0 Å². The quantitative estimate of drug-likeness (QED) is 0.265. The smallest absolute Gasteiger partial charge is 0.0462 e. The second-order valence-corrected chi connectivity index (χ2v) is 10.8. The molecule has 0 radical (unpaired) electrons. The summed E-state index contributed by atoms with van der Waals surface area (Å²) in [5.74, 6) is 0.521. The third kappa shape index (κ3) is 2.34. The lowest BCUT2D eigenvalue weighted by atomic mass is 9.64. The second kappa shape index (κ2) is 6.55. The van der Waals surface area contributed by atoms with Gasteiger partial charge in [0.2, 0.25) is 0 Å². The van der Waals surface area contributed by atoms with Crippen LogP contribution in [0.4, 0.5) is 0 Å². The second-order valence-electron chi connectivity index (χ2n) is 10.8. The molecule has 0 amide bonds. The van der Waals surface area contributed by atoms with Gasteiger partial charge < -0.3 is 9.97 Å². The van der Waals surface area contributed by atoms with Gasteiger partial charge in [0.25, 0.3) is 0 Å². The summed E-state index contributed by atoms with van der Waals surface area (Å²) >= 11 is 0. The van der Waals surface area contributed by atoms with Crippen LogP contribution in [0.25, 0.3) is 44.1 Å². The van der Waals surface area contributed by atoms with Crippen LogP contribution >= 0.6 is 0 Å². The molecule has 2 heteroatoms. The molecule has 0 fully saturated rings. The summed E-state index contributed by atoms with van der Waals surface area (Å²) in [7, 11) is 0. The van der Waals surface area contributed by atoms with E-state index in [0.29, 0.717) is 0 Å². The molecule has 8 rings (SSSR count). The van der Waals surface area contributed by atoms with Gasteiger partial charge in [-0.15, -0.1) is 0 Å². The molecule has 6 aromatic rings. The zero-order chi connectivity index (χ0) is 23.3. The Balaban J connectivity index is 1.42. The van der Waals surface area contributed by atoms with Crippen LogP contribution < -0.4 is 0 Å². The number of H-pyrrole nitrogens is 2. The minimum Gasteiger partial charge on any atom is -0.357 e. The average molecular weight is 451 g/mol. The number of hydrogen-bond donors (Lipinski definition) is 2. The fraction of sp³-hybridized carbons (Fsp3) is 0.152. The molecular weight excluding hydrogens is 424 g/mol. The van der Waals surface area contributed by atoms with Crippen molar-refractivity contribution in [3.05, 3.63) is 120 Å². The molecule has 2 nitrogen and oxygen atoms in total. The van der Waals surface area contributed by atoms with E-state index in [1.807, 2.05) is 0 Å². The molecule has 0 saturated heterocycles. The summed E-state index contributed by atoms with van der Waals surface area (Å²) in [4.78, 5) is 7.73. The normalized spacial score (nSPS) is 18.0. The first kappa shape index (κ1) is 19.3. The van der Waals surface area contributed by atoms with Crippen LogP contribution in [0.15, 0.2) is 97.1 Å². The van der Waals surface area contributed by atoms with E-state index in [1.54, 1.807) is 0 Å². The van der Waals surface area contributed by atoms with Crippen molar-refractivity contribution in [2.75, 3.05) is 0 Å². The predicted molar refractivity (Wildman–Crippen MR) is 145 cm³/mol. The largest absolute Gasteiger partial charge is 0.357 e. The Labute approximate surface area is 204 Å². The molecule has 2 heterocycles. The molecule has 4 aromatic carbocycles. The van der Waals surface area contributed by atoms with E-state index in [9.17, 15) is 0 Å². The van der Waals surface area contributed by atoms with Crippen LogP contribution in [0.5, 0.6) is 0 Å². The number of fused-ring (bicyclic) bond motifs is 10. The lowest BCUT2D eigenvalue weighted by molar-refractivity contribution is 0.276. The third-order valence-electron chi connectivity index (χ3n) is 8.62. The summed E-state index contributed by atoms with van der Waals surface area (Å²) < 4.78 is 0. The lowest BCUT2D eigenvalue weighted by Crippen LogP contribution is -2.30. The van der Waals surface area contributed by atoms with E-state index >= 15 is 0 Å². The summed E-state index contributed by atoms with van der Waals surface area (Å²) in [6, 6.07) is 35.6. The highest BCUT2D eigenvalue weighted by molar-refractivity contribution is 6.03. The van der Waals surface area contributed by atoms with Crippen LogP contribution in [-0.4, -0.2) is 9.97 Å². The minimum atomic E-state index is -0.0789. The molecule has 35 heavy (non-hydrogen) atoms. The highest BCUT2D eigenvalue weighted by Crippen LogP contribution is 2.63. The van der Waals surface area contributed by atoms with E-state index < -0.39 is 0 Å². The van der Waals surface area contributed by atoms with Gasteiger partial charge in [0.05, 0.1) is 0 Å². The van der Waals surface area contributed by atoms with Gasteiger partial charge in [0, 0.05) is 56.2 Å². The predicted octanol–water partition coefficient (Wildman–Crippen LogP) is 8.60. The molecule has 168 valence electrons. The summed E-state index contributed by atoms with van der Waals surface area (Å²) in [6.07, 6.45) is 0. The zero-order valence-electron chi connectivity index (χ0n) is 19.9. The maximum atomic E-state index is 3.87. The number of aromatic nitrogens is 2. The number of rotatable bonds is 2. The summed E-state index contributed by atoms with van der Waals surface area (Å²) in [5, 5.41) is 2.65. The Morgan fingerprint density at radius 1 is 0.514 bits per heavy atom. The third-order valence-corrected chi connectivity index (χ3v) is 8.62. The standard InChI is InChI=1S/C33H26N2/c1-33(2,29-21-13-5-3-11-19(21)27-23-15-7-9-17-25(23)34-31(27)29)30-22-14-6-4-12-20(22)28-24-16-8-10-18-26(24)35-32(28)30/h3-18,29-30,34-35H,1-2H3. The molecule has 2 atom stereocenters. The van der Waals surface area contributed by atoms with Gasteiger partial charge in [-0.1, -0.05) is 98.8 Å². The SMILES string of the molecule is CC(C)(C1c2ccccc2-c2c1[nH]c1ccccc21)C1c2ccccc2-c2c1[nH]c1ccccc21. The summed E-state index contributed by atoms with van der Waals surface area (Å²) in [6.45, 7) is 4.94.